The third kappa shape index (κ3) is 2.45. The summed E-state index contributed by atoms with van der Waals surface area (Å²) in [6, 6.07) is 0.977. The summed E-state index contributed by atoms with van der Waals surface area (Å²) < 4.78 is 1.36. The fourth-order valence-corrected chi connectivity index (χ4v) is 2.06. The fourth-order valence-electron chi connectivity index (χ4n) is 2.06. The van der Waals surface area contributed by atoms with Crippen LogP contribution in [0.1, 0.15) is 13.8 Å². The molecule has 1 fully saturated rings. The number of aliphatic hydroxyl groups excluding tert-OH is 1. The standard InChI is InChI=1S/C10H16N4O3/c1-7-8(2)13(7)6-9(15)5-12-4-3-11-10(12)14(16)17/h3-4,7-9,15H,5-6H2,1-2H3/t7-,8-,9+/m0/s1. The first kappa shape index (κ1) is 12.0. The minimum Gasteiger partial charge on any atom is -0.390 e. The minimum absolute atomic E-state index is 0.201. The summed E-state index contributed by atoms with van der Waals surface area (Å²) in [5, 5.41) is 20.5. The normalized spacial score (nSPS) is 29.0. The molecule has 0 bridgehead atoms. The van der Waals surface area contributed by atoms with Gasteiger partial charge in [0.15, 0.2) is 0 Å². The molecule has 1 aromatic heterocycles. The van der Waals surface area contributed by atoms with Crippen molar-refractivity contribution in [1.29, 1.82) is 0 Å². The Hall–Kier alpha value is -1.47. The molecule has 17 heavy (non-hydrogen) atoms. The Morgan fingerprint density at radius 3 is 2.71 bits per heavy atom. The van der Waals surface area contributed by atoms with E-state index in [2.05, 4.69) is 23.7 Å². The van der Waals surface area contributed by atoms with Crippen LogP contribution in [0.4, 0.5) is 5.95 Å². The molecule has 1 saturated heterocycles. The van der Waals surface area contributed by atoms with E-state index < -0.39 is 11.0 Å². The van der Waals surface area contributed by atoms with Crippen molar-refractivity contribution in [2.24, 2.45) is 0 Å². The number of nitro groups is 1. The molecule has 0 aromatic carbocycles. The van der Waals surface area contributed by atoms with Crippen LogP contribution in [0, 0.1) is 10.1 Å². The monoisotopic (exact) mass is 240 g/mol. The zero-order valence-electron chi connectivity index (χ0n) is 9.85. The van der Waals surface area contributed by atoms with Crippen LogP contribution in [0.25, 0.3) is 0 Å². The van der Waals surface area contributed by atoms with Gasteiger partial charge < -0.3 is 15.2 Å². The summed E-state index contributed by atoms with van der Waals surface area (Å²) in [7, 11) is 0. The second-order valence-electron chi connectivity index (χ2n) is 4.47. The van der Waals surface area contributed by atoms with Crippen LogP contribution in [0.15, 0.2) is 12.4 Å². The molecule has 0 spiro atoms. The van der Waals surface area contributed by atoms with Gasteiger partial charge >= 0.3 is 5.95 Å². The van der Waals surface area contributed by atoms with Crippen LogP contribution in [0.3, 0.4) is 0 Å². The summed E-state index contributed by atoms with van der Waals surface area (Å²) in [5.74, 6) is -0.226. The van der Waals surface area contributed by atoms with Gasteiger partial charge in [0.2, 0.25) is 0 Å². The molecule has 1 aliphatic rings. The van der Waals surface area contributed by atoms with Crippen molar-refractivity contribution < 1.29 is 10.0 Å². The second-order valence-corrected chi connectivity index (χ2v) is 4.47. The molecule has 1 aliphatic heterocycles. The van der Waals surface area contributed by atoms with Gasteiger partial charge in [-0.1, -0.05) is 4.98 Å². The quantitative estimate of drug-likeness (QED) is 0.453. The molecular formula is C10H16N4O3. The Labute approximate surface area is 98.8 Å². The van der Waals surface area contributed by atoms with Gasteiger partial charge in [-0.2, -0.15) is 0 Å². The maximum atomic E-state index is 10.6. The van der Waals surface area contributed by atoms with E-state index in [1.807, 2.05) is 0 Å². The van der Waals surface area contributed by atoms with Crippen LogP contribution < -0.4 is 0 Å². The molecule has 0 unspecified atom stereocenters. The van der Waals surface area contributed by atoms with Gasteiger partial charge in [-0.15, -0.1) is 0 Å². The lowest BCUT2D eigenvalue weighted by Crippen LogP contribution is -2.26. The molecule has 1 aromatic rings. The predicted octanol–water partition coefficient (Wildman–Crippen LogP) is 0.245. The highest BCUT2D eigenvalue weighted by Gasteiger charge is 2.40. The highest BCUT2D eigenvalue weighted by Crippen LogP contribution is 2.27. The van der Waals surface area contributed by atoms with Gasteiger partial charge in [0.1, 0.15) is 12.4 Å². The third-order valence-corrected chi connectivity index (χ3v) is 3.34. The highest BCUT2D eigenvalue weighted by molar-refractivity contribution is 5.07. The van der Waals surface area contributed by atoms with E-state index in [1.54, 1.807) is 0 Å². The molecule has 0 aliphatic carbocycles. The molecule has 94 valence electrons. The van der Waals surface area contributed by atoms with E-state index in [9.17, 15) is 15.2 Å². The Bertz CT molecular complexity index is 411. The third-order valence-electron chi connectivity index (χ3n) is 3.34. The molecule has 2 rings (SSSR count). The fraction of sp³-hybridized carbons (Fsp3) is 0.700. The van der Waals surface area contributed by atoms with Crippen LogP contribution in [0.2, 0.25) is 0 Å². The van der Waals surface area contributed by atoms with Crippen molar-refractivity contribution in [1.82, 2.24) is 14.5 Å². The molecule has 7 nitrogen and oxygen atoms in total. The largest absolute Gasteiger partial charge is 0.434 e. The molecule has 0 amide bonds. The number of aliphatic hydroxyl groups is 1. The number of imidazole rings is 1. The molecule has 7 heteroatoms. The van der Waals surface area contributed by atoms with Crippen molar-refractivity contribution in [3.8, 4) is 0 Å². The molecule has 2 heterocycles. The van der Waals surface area contributed by atoms with Gasteiger partial charge in [-0.05, 0) is 18.8 Å². The number of aromatic nitrogens is 2. The topological polar surface area (TPSA) is 84.2 Å². The first-order valence-electron chi connectivity index (χ1n) is 5.60. The lowest BCUT2D eigenvalue weighted by molar-refractivity contribution is -0.397. The Morgan fingerprint density at radius 1 is 1.53 bits per heavy atom. The zero-order valence-corrected chi connectivity index (χ0v) is 9.85. The van der Waals surface area contributed by atoms with Gasteiger partial charge in [0.25, 0.3) is 0 Å². The predicted molar refractivity (Wildman–Crippen MR) is 60.5 cm³/mol. The smallest absolute Gasteiger partial charge is 0.390 e. The average Bonchev–Trinajstić information content (AvgIpc) is 2.71. The summed E-state index contributed by atoms with van der Waals surface area (Å²) in [5.41, 5.74) is 0. The van der Waals surface area contributed by atoms with Gasteiger partial charge in [0.05, 0.1) is 12.6 Å². The summed E-state index contributed by atoms with van der Waals surface area (Å²) in [6.45, 7) is 4.93. The Balaban J connectivity index is 1.92. The Kier molecular flexibility index (Phi) is 3.12. The van der Waals surface area contributed by atoms with Crippen molar-refractivity contribution in [3.63, 3.8) is 0 Å². The SMILES string of the molecule is C[C@H]1[C@H](C)N1C[C@H](O)Cn1ccnc1[N+](=O)[O-]. The van der Waals surface area contributed by atoms with E-state index in [4.69, 9.17) is 0 Å². The van der Waals surface area contributed by atoms with Crippen molar-refractivity contribution in [3.05, 3.63) is 22.5 Å². The summed E-state index contributed by atoms with van der Waals surface area (Å²) >= 11 is 0. The maximum Gasteiger partial charge on any atom is 0.434 e. The number of hydrogen-bond donors (Lipinski definition) is 1. The molecule has 1 N–H and O–H groups in total. The number of nitrogens with zero attached hydrogens (tertiary/aromatic N) is 4. The molecule has 0 radical (unpaired) electrons. The van der Waals surface area contributed by atoms with E-state index in [-0.39, 0.29) is 12.5 Å². The molecule has 0 saturated carbocycles. The van der Waals surface area contributed by atoms with Crippen molar-refractivity contribution in [2.45, 2.75) is 38.6 Å². The number of β-amino-alcohol motifs (C(OH)–C–C–N with tert-alkyl or cyclic N) is 1. The average molecular weight is 240 g/mol. The zero-order chi connectivity index (χ0) is 12.6. The van der Waals surface area contributed by atoms with E-state index >= 15 is 0 Å². The van der Waals surface area contributed by atoms with Crippen molar-refractivity contribution in [2.75, 3.05) is 6.54 Å². The van der Waals surface area contributed by atoms with Crippen LogP contribution in [0.5, 0.6) is 0 Å². The summed E-state index contributed by atoms with van der Waals surface area (Å²) in [4.78, 5) is 15.9. The van der Waals surface area contributed by atoms with Gasteiger partial charge in [-0.25, -0.2) is 4.57 Å². The molecule has 3 atom stereocenters. The first-order valence-corrected chi connectivity index (χ1v) is 5.60. The number of hydrogen-bond acceptors (Lipinski definition) is 5. The van der Waals surface area contributed by atoms with Crippen molar-refractivity contribution >= 4 is 5.95 Å². The minimum atomic E-state index is -0.615. The van der Waals surface area contributed by atoms with E-state index in [1.165, 1.54) is 17.0 Å². The van der Waals surface area contributed by atoms with Gasteiger partial charge in [-0.3, -0.25) is 4.90 Å². The maximum absolute atomic E-state index is 10.6. The lowest BCUT2D eigenvalue weighted by atomic mass is 10.3. The van der Waals surface area contributed by atoms with Crippen LogP contribution in [-0.2, 0) is 6.54 Å². The van der Waals surface area contributed by atoms with Gasteiger partial charge in [0, 0.05) is 18.6 Å². The highest BCUT2D eigenvalue weighted by atomic mass is 16.6. The van der Waals surface area contributed by atoms with Crippen LogP contribution >= 0.6 is 0 Å². The first-order chi connectivity index (χ1) is 8.00. The Morgan fingerprint density at radius 2 is 2.18 bits per heavy atom. The molecular weight excluding hydrogens is 224 g/mol. The van der Waals surface area contributed by atoms with E-state index in [0.29, 0.717) is 18.6 Å². The summed E-state index contributed by atoms with van der Waals surface area (Å²) in [6.07, 6.45) is 2.26. The van der Waals surface area contributed by atoms with Crippen LogP contribution in [-0.4, -0.2) is 49.2 Å². The van der Waals surface area contributed by atoms with E-state index in [0.717, 1.165) is 0 Å². The number of rotatable bonds is 5. The lowest BCUT2D eigenvalue weighted by Gasteiger charge is -2.11. The second kappa shape index (κ2) is 4.42.